The minimum Gasteiger partial charge on any atom is -0.383 e. The number of pyridine rings is 1. The summed E-state index contributed by atoms with van der Waals surface area (Å²) in [6.07, 6.45) is 5.37. The lowest BCUT2D eigenvalue weighted by molar-refractivity contribution is 0.0319. The number of aliphatic hydroxyl groups is 1. The maximum Gasteiger partial charge on any atom is 0.108 e. The second-order valence-electron chi connectivity index (χ2n) is 5.28. The molecule has 98 valence electrons. The summed E-state index contributed by atoms with van der Waals surface area (Å²) in [5.41, 5.74) is 2.39. The van der Waals surface area contributed by atoms with Gasteiger partial charge in [-0.1, -0.05) is 24.3 Å². The fourth-order valence-corrected chi connectivity index (χ4v) is 2.72. The Balaban J connectivity index is 1.88. The minimum atomic E-state index is -0.915. The van der Waals surface area contributed by atoms with E-state index in [1.807, 2.05) is 25.1 Å². The lowest BCUT2D eigenvalue weighted by Gasteiger charge is -2.37. The smallest absolute Gasteiger partial charge is 0.108 e. The number of benzene rings is 1. The molecule has 0 aliphatic carbocycles. The van der Waals surface area contributed by atoms with Crippen LogP contribution < -0.4 is 5.32 Å². The molecule has 0 saturated heterocycles. The number of hydrogen-bond donors (Lipinski definition) is 2. The molecule has 19 heavy (non-hydrogen) atoms. The predicted octanol–water partition coefficient (Wildman–Crippen LogP) is 2.72. The van der Waals surface area contributed by atoms with Crippen molar-refractivity contribution in [2.75, 3.05) is 5.32 Å². The van der Waals surface area contributed by atoms with Crippen LogP contribution in [-0.4, -0.2) is 16.1 Å². The lowest BCUT2D eigenvalue weighted by atomic mass is 9.83. The molecule has 0 bridgehead atoms. The van der Waals surface area contributed by atoms with E-state index >= 15 is 0 Å². The summed E-state index contributed by atoms with van der Waals surface area (Å²) in [5.74, 6) is 0. The van der Waals surface area contributed by atoms with Gasteiger partial charge in [0.15, 0.2) is 0 Å². The van der Waals surface area contributed by atoms with Crippen molar-refractivity contribution in [3.8, 4) is 0 Å². The minimum absolute atomic E-state index is 0.00611. The molecule has 1 aromatic heterocycles. The van der Waals surface area contributed by atoms with Crippen LogP contribution in [0.1, 0.15) is 24.5 Å². The van der Waals surface area contributed by atoms with Crippen LogP contribution in [0.4, 0.5) is 5.69 Å². The highest BCUT2D eigenvalue weighted by atomic mass is 16.3. The molecule has 2 heterocycles. The van der Waals surface area contributed by atoms with Gasteiger partial charge in [-0.2, -0.15) is 0 Å². The van der Waals surface area contributed by atoms with E-state index in [9.17, 15) is 5.11 Å². The fourth-order valence-electron chi connectivity index (χ4n) is 2.72. The van der Waals surface area contributed by atoms with Crippen LogP contribution in [0, 0.1) is 0 Å². The third kappa shape index (κ3) is 2.22. The molecular weight excluding hydrogens is 236 g/mol. The number of hydrogen-bond acceptors (Lipinski definition) is 3. The van der Waals surface area contributed by atoms with Crippen LogP contribution in [-0.2, 0) is 12.0 Å². The highest BCUT2D eigenvalue weighted by molar-refractivity contribution is 5.54. The molecule has 0 radical (unpaired) electrons. The Labute approximate surface area is 113 Å². The molecule has 3 heteroatoms. The molecule has 2 atom stereocenters. The monoisotopic (exact) mass is 254 g/mol. The first-order valence-corrected chi connectivity index (χ1v) is 6.65. The van der Waals surface area contributed by atoms with E-state index in [-0.39, 0.29) is 6.04 Å². The normalized spacial score (nSPS) is 21.1. The van der Waals surface area contributed by atoms with Gasteiger partial charge in [-0.05, 0) is 37.5 Å². The summed E-state index contributed by atoms with van der Waals surface area (Å²) < 4.78 is 0. The Hall–Kier alpha value is -1.87. The Bertz CT molecular complexity index is 566. The molecule has 3 nitrogen and oxygen atoms in total. The van der Waals surface area contributed by atoms with E-state index in [2.05, 4.69) is 28.5 Å². The van der Waals surface area contributed by atoms with Gasteiger partial charge in [-0.15, -0.1) is 0 Å². The van der Waals surface area contributed by atoms with Crippen molar-refractivity contribution in [2.24, 2.45) is 0 Å². The number of rotatable bonds is 2. The van der Waals surface area contributed by atoms with Gasteiger partial charge in [0.25, 0.3) is 0 Å². The first-order valence-electron chi connectivity index (χ1n) is 6.65. The first kappa shape index (κ1) is 12.2. The zero-order valence-electron chi connectivity index (χ0n) is 11.0. The number of aryl methyl sites for hydroxylation is 1. The molecule has 0 spiro atoms. The highest BCUT2D eigenvalue weighted by Crippen LogP contribution is 2.34. The Kier molecular flexibility index (Phi) is 2.99. The molecule has 2 N–H and O–H groups in total. The van der Waals surface area contributed by atoms with Gasteiger partial charge in [-0.25, -0.2) is 0 Å². The van der Waals surface area contributed by atoms with Crippen LogP contribution >= 0.6 is 0 Å². The summed E-state index contributed by atoms with van der Waals surface area (Å²) in [6, 6.07) is 12.1. The van der Waals surface area contributed by atoms with E-state index in [0.29, 0.717) is 0 Å². The van der Waals surface area contributed by atoms with Gasteiger partial charge in [0.1, 0.15) is 5.60 Å². The molecule has 2 aromatic rings. The summed E-state index contributed by atoms with van der Waals surface area (Å²) in [7, 11) is 0. The van der Waals surface area contributed by atoms with Crippen molar-refractivity contribution in [3.05, 3.63) is 59.9 Å². The summed E-state index contributed by atoms with van der Waals surface area (Å²) in [4.78, 5) is 4.10. The first-order chi connectivity index (χ1) is 9.18. The number of anilines is 1. The standard InChI is InChI=1S/C16H18N2O/c1-16(19,13-6-4-10-17-11-13)15-9-8-12-5-2-3-7-14(12)18-15/h2-7,10-11,15,18-19H,8-9H2,1H3. The van der Waals surface area contributed by atoms with E-state index in [1.54, 1.807) is 12.4 Å². The molecule has 1 aliphatic heterocycles. The van der Waals surface area contributed by atoms with Crippen LogP contribution in [0.5, 0.6) is 0 Å². The van der Waals surface area contributed by atoms with Crippen molar-refractivity contribution in [3.63, 3.8) is 0 Å². The van der Waals surface area contributed by atoms with E-state index in [0.717, 1.165) is 24.1 Å². The quantitative estimate of drug-likeness (QED) is 0.866. The molecule has 2 unspecified atom stereocenters. The Morgan fingerprint density at radius 1 is 1.26 bits per heavy atom. The second kappa shape index (κ2) is 4.67. The van der Waals surface area contributed by atoms with Gasteiger partial charge in [0, 0.05) is 23.6 Å². The van der Waals surface area contributed by atoms with Gasteiger partial charge >= 0.3 is 0 Å². The summed E-state index contributed by atoms with van der Waals surface area (Å²) in [5, 5.41) is 14.3. The average molecular weight is 254 g/mol. The van der Waals surface area contributed by atoms with Crippen LogP contribution in [0.25, 0.3) is 0 Å². The molecule has 0 amide bonds. The molecule has 0 saturated carbocycles. The van der Waals surface area contributed by atoms with Gasteiger partial charge < -0.3 is 10.4 Å². The summed E-state index contributed by atoms with van der Waals surface area (Å²) in [6.45, 7) is 1.86. The number of para-hydroxylation sites is 1. The topological polar surface area (TPSA) is 45.2 Å². The Morgan fingerprint density at radius 2 is 2.11 bits per heavy atom. The van der Waals surface area contributed by atoms with Gasteiger partial charge in [0.2, 0.25) is 0 Å². The van der Waals surface area contributed by atoms with E-state index in [4.69, 9.17) is 0 Å². The lowest BCUT2D eigenvalue weighted by Crippen LogP contribution is -2.44. The maximum atomic E-state index is 10.8. The van der Waals surface area contributed by atoms with Crippen LogP contribution in [0.3, 0.4) is 0 Å². The van der Waals surface area contributed by atoms with Gasteiger partial charge in [-0.3, -0.25) is 4.98 Å². The third-order valence-corrected chi connectivity index (χ3v) is 3.97. The van der Waals surface area contributed by atoms with Crippen LogP contribution in [0.15, 0.2) is 48.8 Å². The number of fused-ring (bicyclic) bond motifs is 1. The van der Waals surface area contributed by atoms with Crippen molar-refractivity contribution in [1.82, 2.24) is 4.98 Å². The zero-order valence-corrected chi connectivity index (χ0v) is 11.0. The fraction of sp³-hybridized carbons (Fsp3) is 0.312. The maximum absolute atomic E-state index is 10.8. The zero-order chi connectivity index (χ0) is 13.3. The third-order valence-electron chi connectivity index (χ3n) is 3.97. The Morgan fingerprint density at radius 3 is 2.89 bits per heavy atom. The van der Waals surface area contributed by atoms with Gasteiger partial charge in [0.05, 0.1) is 6.04 Å². The van der Waals surface area contributed by atoms with E-state index in [1.165, 1.54) is 5.56 Å². The van der Waals surface area contributed by atoms with Crippen molar-refractivity contribution >= 4 is 5.69 Å². The number of nitrogens with one attached hydrogen (secondary N) is 1. The number of aromatic nitrogens is 1. The predicted molar refractivity (Wildman–Crippen MR) is 76.0 cm³/mol. The van der Waals surface area contributed by atoms with Crippen LogP contribution in [0.2, 0.25) is 0 Å². The summed E-state index contributed by atoms with van der Waals surface area (Å²) >= 11 is 0. The molecule has 1 aliphatic rings. The molecular formula is C16H18N2O. The molecule has 1 aromatic carbocycles. The SMILES string of the molecule is CC(O)(c1cccnc1)C1CCc2ccccc2N1. The average Bonchev–Trinajstić information content (AvgIpc) is 2.47. The highest BCUT2D eigenvalue weighted by Gasteiger charge is 2.35. The molecule has 0 fully saturated rings. The van der Waals surface area contributed by atoms with E-state index < -0.39 is 5.60 Å². The van der Waals surface area contributed by atoms with Crippen molar-refractivity contribution in [2.45, 2.75) is 31.4 Å². The van der Waals surface area contributed by atoms with Crippen molar-refractivity contribution in [1.29, 1.82) is 0 Å². The van der Waals surface area contributed by atoms with Crippen molar-refractivity contribution < 1.29 is 5.11 Å². The molecule has 3 rings (SSSR count). The second-order valence-corrected chi connectivity index (χ2v) is 5.28. The number of nitrogens with zero attached hydrogens (tertiary/aromatic N) is 1. The largest absolute Gasteiger partial charge is 0.383 e.